The van der Waals surface area contributed by atoms with Gasteiger partial charge in [-0.1, -0.05) is 0 Å². The van der Waals surface area contributed by atoms with E-state index in [1.807, 2.05) is 6.92 Å². The first-order valence-corrected chi connectivity index (χ1v) is 20.1. The predicted octanol–water partition coefficient (Wildman–Crippen LogP) is 4.53. The molecule has 0 heterocycles. The molecule has 2 atom stereocenters. The Bertz CT molecular complexity index is 339. The highest BCUT2D eigenvalue weighted by Gasteiger charge is 2.48. The van der Waals surface area contributed by atoms with Crippen molar-refractivity contribution in [3.63, 3.8) is 0 Å². The van der Waals surface area contributed by atoms with Gasteiger partial charge in [-0.25, -0.2) is 0 Å². The Labute approximate surface area is 142 Å². The molecule has 0 saturated heterocycles. The van der Waals surface area contributed by atoms with Crippen molar-refractivity contribution in [1.82, 2.24) is 0 Å². The fraction of sp³-hybridized carbons (Fsp3) is 0.929. The van der Waals surface area contributed by atoms with Crippen molar-refractivity contribution < 1.29 is 17.1 Å². The Hall–Kier alpha value is 0.708. The van der Waals surface area contributed by atoms with Gasteiger partial charge in [0, 0.05) is 6.61 Å². The van der Waals surface area contributed by atoms with Crippen molar-refractivity contribution in [2.75, 3.05) is 6.61 Å². The first-order valence-electron chi connectivity index (χ1n) is 8.02. The van der Waals surface area contributed by atoms with E-state index in [1.165, 1.54) is 0 Å². The number of ether oxygens (including phenoxy) is 1. The molecule has 0 aromatic rings. The van der Waals surface area contributed by atoms with E-state index in [4.69, 9.17) is 24.0 Å². The second kappa shape index (κ2) is 8.19. The molecule has 4 nitrogen and oxygen atoms in total. The van der Waals surface area contributed by atoms with Crippen LogP contribution in [0.25, 0.3) is 0 Å². The summed E-state index contributed by atoms with van der Waals surface area (Å²) in [5, 5.41) is 0. The summed E-state index contributed by atoms with van der Waals surface area (Å²) >= 11 is 0. The van der Waals surface area contributed by atoms with Gasteiger partial charge in [-0.3, -0.25) is 0 Å². The Kier molecular flexibility index (Phi) is 8.46. The first-order chi connectivity index (χ1) is 9.60. The third kappa shape index (κ3) is 9.76. The Morgan fingerprint density at radius 1 is 0.773 bits per heavy atom. The van der Waals surface area contributed by atoms with E-state index >= 15 is 0 Å². The molecular weight excluding hydrogens is 344 g/mol. The first kappa shape index (κ1) is 22.7. The third-order valence-electron chi connectivity index (χ3n) is 2.73. The molecule has 0 fully saturated rings. The summed E-state index contributed by atoms with van der Waals surface area (Å²) in [5.41, 5.74) is -0.0696. The SMILES string of the molecule is [CH]CCOC(C)[Si](C)(O[Si](C)(C)C)O[Si](C)(C)O[Si](C)(C)C. The summed E-state index contributed by atoms with van der Waals surface area (Å²) < 4.78 is 25.3. The summed E-state index contributed by atoms with van der Waals surface area (Å²) in [6.45, 7) is 27.6. The molecule has 22 heavy (non-hydrogen) atoms. The van der Waals surface area contributed by atoms with Gasteiger partial charge in [0.25, 0.3) is 0 Å². The van der Waals surface area contributed by atoms with Crippen molar-refractivity contribution in [2.24, 2.45) is 0 Å². The molecule has 0 aliphatic rings. The second-order valence-electron chi connectivity index (χ2n) is 8.25. The van der Waals surface area contributed by atoms with Crippen molar-refractivity contribution in [1.29, 1.82) is 0 Å². The largest absolute Gasteiger partial charge is 0.437 e. The van der Waals surface area contributed by atoms with Crippen LogP contribution in [0.4, 0.5) is 0 Å². The molecule has 132 valence electrons. The van der Waals surface area contributed by atoms with E-state index in [9.17, 15) is 0 Å². The van der Waals surface area contributed by atoms with Crippen LogP contribution in [0.1, 0.15) is 13.3 Å². The lowest BCUT2D eigenvalue weighted by Gasteiger charge is -2.43. The quantitative estimate of drug-likeness (QED) is 0.522. The van der Waals surface area contributed by atoms with Crippen molar-refractivity contribution in [3.05, 3.63) is 6.92 Å². The maximum Gasteiger partial charge on any atom is 0.345 e. The molecule has 2 unspecified atom stereocenters. The average molecular weight is 381 g/mol. The van der Waals surface area contributed by atoms with Crippen LogP contribution < -0.4 is 0 Å². The molecule has 0 amide bonds. The van der Waals surface area contributed by atoms with Crippen LogP contribution in [0.15, 0.2) is 0 Å². The van der Waals surface area contributed by atoms with Gasteiger partial charge < -0.3 is 17.1 Å². The normalized spacial score (nSPS) is 18.1. The average Bonchev–Trinajstić information content (AvgIpc) is 2.17. The molecule has 2 radical (unpaired) electrons. The minimum absolute atomic E-state index is 0.0696. The minimum Gasteiger partial charge on any atom is -0.437 e. The van der Waals surface area contributed by atoms with E-state index in [0.29, 0.717) is 13.0 Å². The predicted molar refractivity (Wildman–Crippen MR) is 103 cm³/mol. The standard InChI is InChI=1S/C14H36O4Si4/c1-12-13-15-14(2)22(11,17-20(6,7)8)18-21(9,10)16-19(3,4)5/h1,14H,12-13H2,2-11H3. The molecule has 0 N–H and O–H groups in total. The third-order valence-corrected chi connectivity index (χ3v) is 16.5. The molecule has 8 heteroatoms. The molecule has 0 aromatic heterocycles. The molecule has 0 bridgehead atoms. The van der Waals surface area contributed by atoms with Gasteiger partial charge in [0.1, 0.15) is 0 Å². The molecule has 0 aliphatic carbocycles. The molecular formula is C14H36O4Si4. The van der Waals surface area contributed by atoms with Gasteiger partial charge in [-0.2, -0.15) is 0 Å². The van der Waals surface area contributed by atoms with Crippen molar-refractivity contribution in [3.8, 4) is 0 Å². The zero-order chi connectivity index (χ0) is 17.8. The Morgan fingerprint density at radius 3 is 1.59 bits per heavy atom. The highest BCUT2D eigenvalue weighted by atomic mass is 28.5. The highest BCUT2D eigenvalue weighted by molar-refractivity contribution is 6.89. The molecule has 0 spiro atoms. The molecule has 0 aliphatic heterocycles. The van der Waals surface area contributed by atoms with Crippen LogP contribution in [0.2, 0.25) is 58.9 Å². The topological polar surface area (TPSA) is 36.9 Å². The minimum atomic E-state index is -2.52. The summed E-state index contributed by atoms with van der Waals surface area (Å²) in [6, 6.07) is 0. The zero-order valence-electron chi connectivity index (χ0n) is 16.2. The van der Waals surface area contributed by atoms with Gasteiger partial charge in [-0.15, -0.1) is 0 Å². The maximum atomic E-state index is 6.57. The van der Waals surface area contributed by atoms with Crippen LogP contribution in [0, 0.1) is 6.92 Å². The Morgan fingerprint density at radius 2 is 1.23 bits per heavy atom. The van der Waals surface area contributed by atoms with Crippen LogP contribution in [-0.4, -0.2) is 46.1 Å². The second-order valence-corrected chi connectivity index (χ2v) is 24.8. The van der Waals surface area contributed by atoms with E-state index in [-0.39, 0.29) is 5.73 Å². The number of hydrogen-bond donors (Lipinski definition) is 0. The summed E-state index contributed by atoms with van der Waals surface area (Å²) in [4.78, 5) is 0. The van der Waals surface area contributed by atoms with Crippen molar-refractivity contribution >= 4 is 33.8 Å². The summed E-state index contributed by atoms with van der Waals surface area (Å²) in [6.07, 6.45) is 0.508. The number of hydrogen-bond acceptors (Lipinski definition) is 4. The maximum absolute atomic E-state index is 6.57. The Balaban J connectivity index is 5.23. The fourth-order valence-corrected chi connectivity index (χ4v) is 19.9. The van der Waals surface area contributed by atoms with Gasteiger partial charge in [0.05, 0.1) is 5.73 Å². The van der Waals surface area contributed by atoms with E-state index in [1.54, 1.807) is 0 Å². The van der Waals surface area contributed by atoms with Crippen LogP contribution in [0.5, 0.6) is 0 Å². The van der Waals surface area contributed by atoms with E-state index in [2.05, 4.69) is 58.9 Å². The molecule has 0 aromatic carbocycles. The van der Waals surface area contributed by atoms with Gasteiger partial charge in [0.2, 0.25) is 0 Å². The highest BCUT2D eigenvalue weighted by Crippen LogP contribution is 2.27. The molecule has 0 rings (SSSR count). The molecule has 0 saturated carbocycles. The number of rotatable bonds is 10. The lowest BCUT2D eigenvalue weighted by atomic mass is 10.5. The van der Waals surface area contributed by atoms with E-state index < -0.39 is 33.8 Å². The lowest BCUT2D eigenvalue weighted by Crippen LogP contribution is -2.62. The van der Waals surface area contributed by atoms with Crippen LogP contribution in [-0.2, 0) is 17.1 Å². The van der Waals surface area contributed by atoms with Crippen LogP contribution >= 0.6 is 0 Å². The van der Waals surface area contributed by atoms with E-state index in [0.717, 1.165) is 0 Å². The van der Waals surface area contributed by atoms with Gasteiger partial charge in [-0.05, 0) is 79.2 Å². The van der Waals surface area contributed by atoms with Crippen molar-refractivity contribution in [2.45, 2.75) is 78.0 Å². The van der Waals surface area contributed by atoms with Crippen LogP contribution in [0.3, 0.4) is 0 Å². The smallest absolute Gasteiger partial charge is 0.345 e. The monoisotopic (exact) mass is 380 g/mol. The van der Waals surface area contributed by atoms with Gasteiger partial charge >= 0.3 is 17.1 Å². The zero-order valence-corrected chi connectivity index (χ0v) is 20.2. The lowest BCUT2D eigenvalue weighted by molar-refractivity contribution is 0.0876. The summed E-state index contributed by atoms with van der Waals surface area (Å²) in [5.74, 6) is 0. The summed E-state index contributed by atoms with van der Waals surface area (Å²) in [7, 11) is -8.19. The van der Waals surface area contributed by atoms with Gasteiger partial charge in [0.15, 0.2) is 16.6 Å². The fourth-order valence-electron chi connectivity index (χ4n) is 2.44.